The Morgan fingerprint density at radius 3 is 2.60 bits per heavy atom. The number of fused-ring (bicyclic) bond motifs is 1. The number of carbonyl (C=O) groups excluding carboxylic acids is 1. The number of aryl methyl sites for hydroxylation is 2. The van der Waals surface area contributed by atoms with Gasteiger partial charge in [0.2, 0.25) is 6.29 Å². The van der Waals surface area contributed by atoms with Gasteiger partial charge in [0.1, 0.15) is 35.5 Å². The van der Waals surface area contributed by atoms with Crippen LogP contribution >= 0.6 is 0 Å². The maximum atomic E-state index is 13.0. The van der Waals surface area contributed by atoms with Crippen molar-refractivity contribution in [2.45, 2.75) is 63.9 Å². The number of rotatable bonds is 10. The number of hydrogen-bond acceptors (Lipinski definition) is 11. The second-order valence-electron chi connectivity index (χ2n) is 12.8. The van der Waals surface area contributed by atoms with Crippen LogP contribution in [-0.4, -0.2) is 91.1 Å². The van der Waals surface area contributed by atoms with E-state index in [4.69, 9.17) is 28.1 Å². The fraction of sp³-hybridized carbons (Fsp3) is 0.444. The fourth-order valence-corrected chi connectivity index (χ4v) is 6.51. The second-order valence-corrected chi connectivity index (χ2v) is 12.8. The molecule has 12 nitrogen and oxygen atoms in total. The van der Waals surface area contributed by atoms with Crippen molar-refractivity contribution in [2.75, 3.05) is 39.9 Å². The lowest BCUT2D eigenvalue weighted by Crippen LogP contribution is -2.65. The van der Waals surface area contributed by atoms with Gasteiger partial charge in [0.25, 0.3) is 0 Å². The molecule has 5 atom stereocenters. The lowest BCUT2D eigenvalue weighted by atomic mass is 9.89. The average molecular weight is 662 g/mol. The maximum absolute atomic E-state index is 13.0. The van der Waals surface area contributed by atoms with Crippen LogP contribution in [0.3, 0.4) is 0 Å². The van der Waals surface area contributed by atoms with Crippen LogP contribution in [0, 0.1) is 13.8 Å². The monoisotopic (exact) mass is 661 g/mol. The Balaban J connectivity index is 1.16. The first-order chi connectivity index (χ1) is 23.0. The molecule has 2 aliphatic heterocycles. The molecule has 0 amide bonds. The van der Waals surface area contributed by atoms with Crippen molar-refractivity contribution in [1.29, 1.82) is 0 Å². The van der Waals surface area contributed by atoms with Crippen LogP contribution in [0.5, 0.6) is 11.5 Å². The molecule has 0 saturated carbocycles. The number of benzene rings is 2. The minimum absolute atomic E-state index is 0.244. The van der Waals surface area contributed by atoms with E-state index in [0.717, 1.165) is 25.3 Å². The molecule has 2 fully saturated rings. The Labute approximate surface area is 278 Å². The van der Waals surface area contributed by atoms with Gasteiger partial charge in [-0.1, -0.05) is 30.3 Å². The summed E-state index contributed by atoms with van der Waals surface area (Å²) in [4.78, 5) is 30.9. The second kappa shape index (κ2) is 14.1. The summed E-state index contributed by atoms with van der Waals surface area (Å²) in [5.41, 5.74) is 1.53. The molecule has 4 heterocycles. The highest BCUT2D eigenvalue weighted by Gasteiger charge is 2.53. The number of aromatic amines is 1. The van der Waals surface area contributed by atoms with E-state index < -0.39 is 41.8 Å². The van der Waals surface area contributed by atoms with Crippen molar-refractivity contribution < 1.29 is 38.0 Å². The van der Waals surface area contributed by atoms with Gasteiger partial charge in [0, 0.05) is 50.6 Å². The van der Waals surface area contributed by atoms with Gasteiger partial charge >= 0.3 is 11.6 Å². The zero-order valence-corrected chi connectivity index (χ0v) is 27.9. The third-order valence-corrected chi connectivity index (χ3v) is 9.01. The molecule has 4 aromatic rings. The normalized spacial score (nSPS) is 24.3. The minimum Gasteiger partial charge on any atom is -0.491 e. The minimum atomic E-state index is -1.41. The lowest BCUT2D eigenvalue weighted by Gasteiger charge is -2.47. The highest BCUT2D eigenvalue weighted by molar-refractivity contribution is 5.88. The van der Waals surface area contributed by atoms with Gasteiger partial charge in [-0.05, 0) is 57.5 Å². The summed E-state index contributed by atoms with van der Waals surface area (Å²) in [6.07, 6.45) is -4.56. The van der Waals surface area contributed by atoms with Crippen LogP contribution in [-0.2, 0) is 14.2 Å². The molecule has 1 unspecified atom stereocenters. The molecule has 3 N–H and O–H groups in total. The van der Waals surface area contributed by atoms with Crippen LogP contribution in [0.1, 0.15) is 47.2 Å². The highest BCUT2D eigenvalue weighted by Crippen LogP contribution is 2.37. The first-order valence-corrected chi connectivity index (χ1v) is 16.2. The molecule has 2 aliphatic rings. The van der Waals surface area contributed by atoms with Crippen molar-refractivity contribution in [2.24, 2.45) is 0 Å². The number of H-pyrrole nitrogens is 1. The molecule has 2 aromatic heterocycles. The summed E-state index contributed by atoms with van der Waals surface area (Å²) < 4.78 is 35.5. The van der Waals surface area contributed by atoms with E-state index in [9.17, 15) is 14.7 Å². The van der Waals surface area contributed by atoms with E-state index in [2.05, 4.69) is 27.3 Å². The Hall–Kier alpha value is -4.20. The summed E-state index contributed by atoms with van der Waals surface area (Å²) in [7, 11) is 1.46. The van der Waals surface area contributed by atoms with E-state index in [1.165, 1.54) is 18.7 Å². The number of aliphatic hydroxyl groups excluding tert-OH is 1. The molecule has 2 saturated heterocycles. The van der Waals surface area contributed by atoms with Crippen molar-refractivity contribution in [1.82, 2.24) is 15.2 Å². The molecule has 6 rings (SSSR count). The highest BCUT2D eigenvalue weighted by atomic mass is 16.7. The summed E-state index contributed by atoms with van der Waals surface area (Å²) in [5.74, 6) is 0.0846. The first-order valence-electron chi connectivity index (χ1n) is 16.2. The molecule has 12 heteroatoms. The van der Waals surface area contributed by atoms with Crippen LogP contribution in [0.25, 0.3) is 11.0 Å². The third-order valence-electron chi connectivity index (χ3n) is 9.01. The van der Waals surface area contributed by atoms with Crippen molar-refractivity contribution in [3.8, 4) is 11.5 Å². The van der Waals surface area contributed by atoms with Crippen LogP contribution in [0.15, 0.2) is 69.9 Å². The standard InChI is InChI=1S/C36H43N3O9/c1-21-11-13-25(38-21)34(42)47-32-30(41)35(48-36(3,4)33(32)43-5)45-27-14-12-24-28(19-29(40)46-31(24)22(27)2)44-18-17-39-16-15-37-26(20-39)23-9-7-6-8-10-23/h6-14,19,26,30,32-33,35,37-38,41H,15-18,20H2,1-5H3/t26?,30-,32+,33-,35-/m1/s1. The zero-order valence-electron chi connectivity index (χ0n) is 27.9. The molecule has 48 heavy (non-hydrogen) atoms. The largest absolute Gasteiger partial charge is 0.491 e. The molecule has 0 aliphatic carbocycles. The van der Waals surface area contributed by atoms with Crippen molar-refractivity contribution >= 4 is 16.9 Å². The maximum Gasteiger partial charge on any atom is 0.355 e. The molecule has 2 aromatic carbocycles. The van der Waals surface area contributed by atoms with Gasteiger partial charge in [0.15, 0.2) is 12.2 Å². The topological polar surface area (TPSA) is 145 Å². The SMILES string of the molecule is CO[C@@H]1[C@@H](OC(=O)c2ccc(C)[nH]2)[C@@H](O)[C@H](Oc2ccc3c(OCCN4CCNC(c5ccccc5)C4)cc(=O)oc3c2C)OC1(C)C. The van der Waals surface area contributed by atoms with Gasteiger partial charge in [-0.25, -0.2) is 9.59 Å². The van der Waals surface area contributed by atoms with Gasteiger partial charge in [-0.15, -0.1) is 0 Å². The number of methoxy groups -OCH3 is 1. The van der Waals surface area contributed by atoms with E-state index >= 15 is 0 Å². The predicted molar refractivity (Wildman–Crippen MR) is 177 cm³/mol. The van der Waals surface area contributed by atoms with Crippen LogP contribution in [0.2, 0.25) is 0 Å². The quantitative estimate of drug-likeness (QED) is 0.168. The van der Waals surface area contributed by atoms with Gasteiger partial charge in [-0.3, -0.25) is 4.90 Å². The average Bonchev–Trinajstić information content (AvgIpc) is 3.51. The third kappa shape index (κ3) is 7.13. The molecular weight excluding hydrogens is 618 g/mol. The molecule has 0 radical (unpaired) electrons. The molecule has 0 bridgehead atoms. The van der Waals surface area contributed by atoms with E-state index in [0.29, 0.717) is 41.2 Å². The Morgan fingerprint density at radius 1 is 1.08 bits per heavy atom. The number of aliphatic hydroxyl groups is 1. The summed E-state index contributed by atoms with van der Waals surface area (Å²) in [6, 6.07) is 18.8. The van der Waals surface area contributed by atoms with E-state index in [-0.39, 0.29) is 11.7 Å². The number of carbonyl (C=O) groups is 1. The van der Waals surface area contributed by atoms with Gasteiger partial charge in [-0.2, -0.15) is 0 Å². The van der Waals surface area contributed by atoms with Crippen LogP contribution < -0.4 is 20.4 Å². The van der Waals surface area contributed by atoms with Crippen molar-refractivity contribution in [3.05, 3.63) is 93.6 Å². The summed E-state index contributed by atoms with van der Waals surface area (Å²) in [5, 5.41) is 15.6. The molecule has 0 spiro atoms. The Kier molecular flexibility index (Phi) is 9.90. The number of aromatic nitrogens is 1. The Bertz CT molecular complexity index is 1790. The number of hydrogen-bond donors (Lipinski definition) is 3. The predicted octanol–water partition coefficient (Wildman–Crippen LogP) is 3.88. The number of nitrogens with zero attached hydrogens (tertiary/aromatic N) is 1. The number of nitrogens with one attached hydrogen (secondary N) is 2. The Morgan fingerprint density at radius 2 is 1.88 bits per heavy atom. The van der Waals surface area contributed by atoms with Gasteiger partial charge < -0.3 is 43.5 Å². The molecule has 256 valence electrons. The summed E-state index contributed by atoms with van der Waals surface area (Å²) >= 11 is 0. The smallest absolute Gasteiger partial charge is 0.355 e. The van der Waals surface area contributed by atoms with E-state index in [1.54, 1.807) is 45.0 Å². The fourth-order valence-electron chi connectivity index (χ4n) is 6.51. The van der Waals surface area contributed by atoms with Gasteiger partial charge in [0.05, 0.1) is 17.1 Å². The number of ether oxygens (including phenoxy) is 5. The first kappa shape index (κ1) is 33.7. The zero-order chi connectivity index (χ0) is 34.0. The van der Waals surface area contributed by atoms with Crippen LogP contribution in [0.4, 0.5) is 0 Å². The number of piperazine rings is 1. The van der Waals surface area contributed by atoms with Crippen molar-refractivity contribution in [3.63, 3.8) is 0 Å². The van der Waals surface area contributed by atoms with E-state index in [1.807, 2.05) is 25.1 Å². The summed E-state index contributed by atoms with van der Waals surface area (Å²) in [6.45, 7) is 10.8. The molecular formula is C36H43N3O9. The number of esters is 1. The lowest BCUT2D eigenvalue weighted by molar-refractivity contribution is -0.305.